The molecule has 0 saturated heterocycles. The molecule has 1 aliphatic heterocycles. The minimum absolute atomic E-state index is 0.642. The van der Waals surface area contributed by atoms with E-state index in [1.54, 1.807) is 0 Å². The van der Waals surface area contributed by atoms with Crippen molar-refractivity contribution in [1.29, 1.82) is 0 Å². The topological polar surface area (TPSA) is 30.7 Å². The Labute approximate surface area is 114 Å². The van der Waals surface area contributed by atoms with E-state index in [-0.39, 0.29) is 0 Å². The van der Waals surface area contributed by atoms with Crippen LogP contribution in [0, 0.1) is 0 Å². The summed E-state index contributed by atoms with van der Waals surface area (Å²) in [6.07, 6.45) is -0.131. The van der Waals surface area contributed by atoms with E-state index in [9.17, 15) is 13.2 Å². The number of benzene rings is 1. The fourth-order valence-corrected chi connectivity index (χ4v) is 2.51. The smallest absolute Gasteiger partial charge is 0.311 e. The molecule has 1 aromatic carbocycles. The third kappa shape index (κ3) is 2.42. The summed E-state index contributed by atoms with van der Waals surface area (Å²) < 4.78 is 39.7. The van der Waals surface area contributed by atoms with Gasteiger partial charge < -0.3 is 4.57 Å². The molecule has 3 rings (SSSR count). The highest BCUT2D eigenvalue weighted by Gasteiger charge is 2.30. The molecule has 0 amide bonds. The van der Waals surface area contributed by atoms with Crippen molar-refractivity contribution < 1.29 is 13.2 Å². The Bertz CT molecular complexity index is 599. The molecular weight excluding hydrogens is 267 g/mol. The number of fused-ring (bicyclic) bond motifs is 1. The number of aryl methyl sites for hydroxylation is 1. The summed E-state index contributed by atoms with van der Waals surface area (Å²) >= 11 is 0. The molecule has 0 unspecified atom stereocenters. The molecule has 0 atom stereocenters. The van der Waals surface area contributed by atoms with Crippen LogP contribution in [0.2, 0.25) is 0 Å². The number of halogens is 3. The van der Waals surface area contributed by atoms with Crippen molar-refractivity contribution in [2.75, 3.05) is 0 Å². The second kappa shape index (κ2) is 4.92. The first-order valence-corrected chi connectivity index (χ1v) is 6.65. The SMILES string of the molecule is FC(F)(F)c1ccc(-c2nnc3n2CCCCC3)cc1. The highest BCUT2D eigenvalue weighted by molar-refractivity contribution is 5.56. The molecule has 2 heterocycles. The number of nitrogens with zero attached hydrogens (tertiary/aromatic N) is 3. The zero-order chi connectivity index (χ0) is 14.2. The Hall–Kier alpha value is -1.85. The molecule has 0 N–H and O–H groups in total. The number of hydrogen-bond acceptors (Lipinski definition) is 2. The second-order valence-corrected chi connectivity index (χ2v) is 4.98. The van der Waals surface area contributed by atoms with Gasteiger partial charge in [0.05, 0.1) is 5.56 Å². The molecule has 6 heteroatoms. The third-order valence-electron chi connectivity index (χ3n) is 3.58. The Kier molecular flexibility index (Phi) is 3.23. The number of hydrogen-bond donors (Lipinski definition) is 0. The Morgan fingerprint density at radius 3 is 2.40 bits per heavy atom. The summed E-state index contributed by atoms with van der Waals surface area (Å²) in [7, 11) is 0. The van der Waals surface area contributed by atoms with Crippen molar-refractivity contribution in [1.82, 2.24) is 14.8 Å². The quantitative estimate of drug-likeness (QED) is 0.798. The Morgan fingerprint density at radius 1 is 0.950 bits per heavy atom. The van der Waals surface area contributed by atoms with Crippen molar-refractivity contribution in [2.24, 2.45) is 0 Å². The lowest BCUT2D eigenvalue weighted by molar-refractivity contribution is -0.137. The summed E-state index contributed by atoms with van der Waals surface area (Å²) in [4.78, 5) is 0. The van der Waals surface area contributed by atoms with Crippen LogP contribution < -0.4 is 0 Å². The largest absolute Gasteiger partial charge is 0.416 e. The third-order valence-corrected chi connectivity index (χ3v) is 3.58. The predicted octanol–water partition coefficient (Wildman–Crippen LogP) is 3.69. The minimum Gasteiger partial charge on any atom is -0.311 e. The van der Waals surface area contributed by atoms with Gasteiger partial charge in [-0.25, -0.2) is 0 Å². The summed E-state index contributed by atoms with van der Waals surface area (Å²) in [5.41, 5.74) is 0.0375. The zero-order valence-electron chi connectivity index (χ0n) is 10.8. The molecule has 2 aromatic rings. The van der Waals surface area contributed by atoms with E-state index in [1.165, 1.54) is 12.1 Å². The molecule has 0 fully saturated rings. The van der Waals surface area contributed by atoms with Crippen LogP contribution in [-0.2, 0) is 19.1 Å². The van der Waals surface area contributed by atoms with E-state index < -0.39 is 11.7 Å². The first-order valence-electron chi connectivity index (χ1n) is 6.65. The first kappa shape index (κ1) is 13.1. The van der Waals surface area contributed by atoms with E-state index >= 15 is 0 Å². The van der Waals surface area contributed by atoms with Gasteiger partial charge in [0.1, 0.15) is 5.82 Å². The van der Waals surface area contributed by atoms with Crippen LogP contribution in [0.15, 0.2) is 24.3 Å². The fourth-order valence-electron chi connectivity index (χ4n) is 2.51. The highest BCUT2D eigenvalue weighted by Crippen LogP contribution is 2.31. The lowest BCUT2D eigenvalue weighted by Crippen LogP contribution is -2.05. The van der Waals surface area contributed by atoms with E-state index in [4.69, 9.17) is 0 Å². The molecule has 106 valence electrons. The summed E-state index contributed by atoms with van der Waals surface area (Å²) in [5.74, 6) is 1.59. The van der Waals surface area contributed by atoms with Crippen LogP contribution in [0.1, 0.15) is 30.7 Å². The number of rotatable bonds is 1. The van der Waals surface area contributed by atoms with Gasteiger partial charge in [0, 0.05) is 18.5 Å². The summed E-state index contributed by atoms with van der Waals surface area (Å²) in [5, 5.41) is 8.29. The van der Waals surface area contributed by atoms with E-state index in [1.807, 2.05) is 4.57 Å². The van der Waals surface area contributed by atoms with Gasteiger partial charge in [-0.2, -0.15) is 13.2 Å². The maximum Gasteiger partial charge on any atom is 0.416 e. The van der Waals surface area contributed by atoms with Crippen LogP contribution >= 0.6 is 0 Å². The molecule has 0 bridgehead atoms. The Balaban J connectivity index is 1.95. The van der Waals surface area contributed by atoms with Crippen molar-refractivity contribution in [2.45, 2.75) is 38.4 Å². The predicted molar refractivity (Wildman–Crippen MR) is 68.0 cm³/mol. The summed E-state index contributed by atoms with van der Waals surface area (Å²) in [6.45, 7) is 0.832. The van der Waals surface area contributed by atoms with Gasteiger partial charge in [0.25, 0.3) is 0 Å². The lowest BCUT2D eigenvalue weighted by atomic mass is 10.1. The maximum absolute atomic E-state index is 12.6. The normalized spacial score (nSPS) is 15.8. The van der Waals surface area contributed by atoms with Crippen LogP contribution in [0.5, 0.6) is 0 Å². The Morgan fingerprint density at radius 2 is 1.70 bits per heavy atom. The zero-order valence-corrected chi connectivity index (χ0v) is 10.8. The first-order chi connectivity index (χ1) is 9.55. The molecule has 20 heavy (non-hydrogen) atoms. The number of aromatic nitrogens is 3. The van der Waals surface area contributed by atoms with E-state index in [2.05, 4.69) is 10.2 Å². The lowest BCUT2D eigenvalue weighted by Gasteiger charge is -2.09. The summed E-state index contributed by atoms with van der Waals surface area (Å²) in [6, 6.07) is 5.11. The van der Waals surface area contributed by atoms with Gasteiger partial charge in [-0.05, 0) is 25.0 Å². The molecule has 0 aliphatic carbocycles. The van der Waals surface area contributed by atoms with E-state index in [0.717, 1.165) is 50.2 Å². The van der Waals surface area contributed by atoms with E-state index in [0.29, 0.717) is 11.4 Å². The standard InChI is InChI=1S/C14H14F3N3/c15-14(16,17)11-7-5-10(6-8-11)13-19-18-12-4-2-1-3-9-20(12)13/h5-8H,1-4,9H2. The second-order valence-electron chi connectivity index (χ2n) is 4.98. The minimum atomic E-state index is -4.31. The number of alkyl halides is 3. The molecular formula is C14H14F3N3. The average Bonchev–Trinajstić information content (AvgIpc) is 2.67. The molecule has 0 radical (unpaired) electrons. The van der Waals surface area contributed by atoms with Crippen LogP contribution in [-0.4, -0.2) is 14.8 Å². The van der Waals surface area contributed by atoms with Crippen LogP contribution in [0.4, 0.5) is 13.2 Å². The van der Waals surface area contributed by atoms with Gasteiger partial charge in [0.15, 0.2) is 5.82 Å². The monoisotopic (exact) mass is 281 g/mol. The molecule has 1 aliphatic rings. The van der Waals surface area contributed by atoms with Crippen LogP contribution in [0.25, 0.3) is 11.4 Å². The van der Waals surface area contributed by atoms with Crippen molar-refractivity contribution in [3.05, 3.63) is 35.7 Å². The molecule has 3 nitrogen and oxygen atoms in total. The van der Waals surface area contributed by atoms with Crippen molar-refractivity contribution >= 4 is 0 Å². The molecule has 0 saturated carbocycles. The van der Waals surface area contributed by atoms with Crippen molar-refractivity contribution in [3.8, 4) is 11.4 Å². The fraction of sp³-hybridized carbons (Fsp3) is 0.429. The van der Waals surface area contributed by atoms with Gasteiger partial charge in [0.2, 0.25) is 0 Å². The maximum atomic E-state index is 12.6. The van der Waals surface area contributed by atoms with Gasteiger partial charge in [-0.3, -0.25) is 0 Å². The van der Waals surface area contributed by atoms with Gasteiger partial charge >= 0.3 is 6.18 Å². The van der Waals surface area contributed by atoms with Gasteiger partial charge in [-0.15, -0.1) is 10.2 Å². The molecule has 1 aromatic heterocycles. The molecule has 0 spiro atoms. The van der Waals surface area contributed by atoms with Gasteiger partial charge in [-0.1, -0.05) is 18.6 Å². The average molecular weight is 281 g/mol. The highest BCUT2D eigenvalue weighted by atomic mass is 19.4. The van der Waals surface area contributed by atoms with Crippen molar-refractivity contribution in [3.63, 3.8) is 0 Å². The van der Waals surface area contributed by atoms with Crippen LogP contribution in [0.3, 0.4) is 0 Å².